The molecule has 0 unspecified atom stereocenters. The standard InChI is InChI=1S/C5H13Si/c1-5-6(2,3)4/h1,5H2,2-4H3. The molecule has 1 radical (unpaired) electrons. The first kappa shape index (κ1) is 6.22. The third kappa shape index (κ3) is 4.22. The summed E-state index contributed by atoms with van der Waals surface area (Å²) in [5.41, 5.74) is 0. The Balaban J connectivity index is 3.17. The van der Waals surface area contributed by atoms with Gasteiger partial charge in [0.1, 0.15) is 0 Å². The van der Waals surface area contributed by atoms with Gasteiger partial charge in [-0.15, -0.1) is 0 Å². The van der Waals surface area contributed by atoms with Gasteiger partial charge in [0.15, 0.2) is 0 Å². The van der Waals surface area contributed by atoms with Crippen molar-refractivity contribution in [3.05, 3.63) is 6.92 Å². The summed E-state index contributed by atoms with van der Waals surface area (Å²) < 4.78 is 0. The van der Waals surface area contributed by atoms with Crippen molar-refractivity contribution in [2.24, 2.45) is 0 Å². The molecular weight excluding hydrogens is 88.1 g/mol. The first-order valence-corrected chi connectivity index (χ1v) is 6.06. The quantitative estimate of drug-likeness (QED) is 0.444. The third-order valence-electron chi connectivity index (χ3n) is 0.750. The second kappa shape index (κ2) is 1.78. The number of hydrogen-bond donors (Lipinski definition) is 0. The van der Waals surface area contributed by atoms with Crippen molar-refractivity contribution in [3.63, 3.8) is 0 Å². The Kier molecular flexibility index (Phi) is 1.85. The van der Waals surface area contributed by atoms with Crippen molar-refractivity contribution in [2.75, 3.05) is 0 Å². The first-order valence-electron chi connectivity index (χ1n) is 2.35. The van der Waals surface area contributed by atoms with Gasteiger partial charge in [0, 0.05) is 8.07 Å². The lowest BCUT2D eigenvalue weighted by Gasteiger charge is -2.09. The minimum atomic E-state index is -0.742. The van der Waals surface area contributed by atoms with E-state index in [1.165, 1.54) is 0 Å². The lowest BCUT2D eigenvalue weighted by molar-refractivity contribution is 1.52. The maximum absolute atomic E-state index is 3.82. The fourth-order valence-corrected chi connectivity index (χ4v) is 0. The summed E-state index contributed by atoms with van der Waals surface area (Å²) in [5.74, 6) is 0. The van der Waals surface area contributed by atoms with Crippen molar-refractivity contribution in [1.82, 2.24) is 0 Å². The van der Waals surface area contributed by atoms with E-state index < -0.39 is 8.07 Å². The van der Waals surface area contributed by atoms with Crippen molar-refractivity contribution >= 4 is 8.07 Å². The van der Waals surface area contributed by atoms with Crippen molar-refractivity contribution < 1.29 is 0 Å². The molecule has 0 saturated carbocycles. The van der Waals surface area contributed by atoms with Gasteiger partial charge < -0.3 is 0 Å². The van der Waals surface area contributed by atoms with E-state index in [0.29, 0.717) is 0 Å². The molecule has 0 bridgehead atoms. The minimum Gasteiger partial charge on any atom is -0.0695 e. The predicted octanol–water partition coefficient (Wildman–Crippen LogP) is 2.16. The van der Waals surface area contributed by atoms with Gasteiger partial charge in [-0.05, 0) is 0 Å². The fourth-order valence-electron chi connectivity index (χ4n) is 0. The molecule has 0 heterocycles. The molecule has 0 N–H and O–H groups in total. The molecule has 0 aliphatic heterocycles. The normalized spacial score (nSPS) is 12.0. The van der Waals surface area contributed by atoms with Gasteiger partial charge in [-0.3, -0.25) is 0 Å². The van der Waals surface area contributed by atoms with Crippen LogP contribution >= 0.6 is 0 Å². The molecule has 0 saturated heterocycles. The SMILES string of the molecule is [CH2]C[Si](C)(C)C. The van der Waals surface area contributed by atoms with Crippen LogP contribution in [-0.2, 0) is 0 Å². The maximum Gasteiger partial charge on any atom is 0.0442 e. The lowest BCUT2D eigenvalue weighted by Crippen LogP contribution is -2.16. The summed E-state index contributed by atoms with van der Waals surface area (Å²) in [7, 11) is -0.742. The average Bonchev–Trinajstić information content (AvgIpc) is 1.35. The lowest BCUT2D eigenvalue weighted by atomic mass is 11.0. The van der Waals surface area contributed by atoms with Gasteiger partial charge in [-0.2, -0.15) is 0 Å². The zero-order chi connectivity index (χ0) is 5.21. The molecule has 0 aromatic heterocycles. The van der Waals surface area contributed by atoms with E-state index in [-0.39, 0.29) is 0 Å². The molecule has 0 amide bonds. The summed E-state index contributed by atoms with van der Waals surface area (Å²) in [6.07, 6.45) is 0. The Labute approximate surface area is 41.6 Å². The molecular formula is C5H13Si. The van der Waals surface area contributed by atoms with Crippen LogP contribution in [0.2, 0.25) is 25.7 Å². The second-order valence-electron chi connectivity index (χ2n) is 2.81. The van der Waals surface area contributed by atoms with Crippen LogP contribution < -0.4 is 0 Å². The highest BCUT2D eigenvalue weighted by atomic mass is 28.3. The van der Waals surface area contributed by atoms with Crippen LogP contribution in [-0.4, -0.2) is 8.07 Å². The van der Waals surface area contributed by atoms with Gasteiger partial charge in [-0.1, -0.05) is 32.6 Å². The monoisotopic (exact) mass is 101 g/mol. The molecule has 0 rings (SSSR count). The zero-order valence-electron chi connectivity index (χ0n) is 4.91. The first-order chi connectivity index (χ1) is 2.56. The van der Waals surface area contributed by atoms with E-state index in [9.17, 15) is 0 Å². The van der Waals surface area contributed by atoms with Gasteiger partial charge in [-0.25, -0.2) is 0 Å². The van der Waals surface area contributed by atoms with Crippen molar-refractivity contribution in [2.45, 2.75) is 25.7 Å². The molecule has 0 spiro atoms. The van der Waals surface area contributed by atoms with Gasteiger partial charge in [0.25, 0.3) is 0 Å². The Morgan fingerprint density at radius 3 is 1.50 bits per heavy atom. The highest BCUT2D eigenvalue weighted by molar-refractivity contribution is 6.76. The third-order valence-corrected chi connectivity index (χ3v) is 2.25. The van der Waals surface area contributed by atoms with E-state index in [2.05, 4.69) is 26.6 Å². The highest BCUT2D eigenvalue weighted by Crippen LogP contribution is 2.04. The summed E-state index contributed by atoms with van der Waals surface area (Å²) in [6, 6.07) is 1.16. The Hall–Kier alpha value is 0.217. The number of hydrogen-bond acceptors (Lipinski definition) is 0. The van der Waals surface area contributed by atoms with Crippen LogP contribution in [0.3, 0.4) is 0 Å². The van der Waals surface area contributed by atoms with Gasteiger partial charge in [0.2, 0.25) is 0 Å². The Bertz CT molecular complexity index is 33.7. The van der Waals surface area contributed by atoms with Crippen LogP contribution in [0.5, 0.6) is 0 Å². The van der Waals surface area contributed by atoms with Crippen LogP contribution in [0, 0.1) is 6.92 Å². The van der Waals surface area contributed by atoms with Gasteiger partial charge >= 0.3 is 0 Å². The molecule has 37 valence electrons. The predicted molar refractivity (Wildman–Crippen MR) is 33.5 cm³/mol. The van der Waals surface area contributed by atoms with Crippen molar-refractivity contribution in [1.29, 1.82) is 0 Å². The van der Waals surface area contributed by atoms with E-state index >= 15 is 0 Å². The summed E-state index contributed by atoms with van der Waals surface area (Å²) in [4.78, 5) is 0. The summed E-state index contributed by atoms with van der Waals surface area (Å²) in [5, 5.41) is 0. The number of rotatable bonds is 1. The summed E-state index contributed by atoms with van der Waals surface area (Å²) >= 11 is 0. The zero-order valence-corrected chi connectivity index (χ0v) is 5.91. The van der Waals surface area contributed by atoms with E-state index in [0.717, 1.165) is 6.04 Å². The average molecular weight is 101 g/mol. The van der Waals surface area contributed by atoms with Crippen LogP contribution in [0.15, 0.2) is 0 Å². The maximum atomic E-state index is 3.82. The smallest absolute Gasteiger partial charge is 0.0442 e. The highest BCUT2D eigenvalue weighted by Gasteiger charge is 2.06. The fraction of sp³-hybridized carbons (Fsp3) is 0.800. The molecule has 0 aliphatic rings. The minimum absolute atomic E-state index is 0.742. The van der Waals surface area contributed by atoms with E-state index in [1.54, 1.807) is 0 Å². The Morgan fingerprint density at radius 2 is 1.50 bits per heavy atom. The molecule has 0 fully saturated rings. The largest absolute Gasteiger partial charge is 0.0695 e. The van der Waals surface area contributed by atoms with E-state index in [1.807, 2.05) is 0 Å². The van der Waals surface area contributed by atoms with Crippen LogP contribution in [0.25, 0.3) is 0 Å². The van der Waals surface area contributed by atoms with Crippen LogP contribution in [0.1, 0.15) is 0 Å². The molecule has 0 aromatic carbocycles. The second-order valence-corrected chi connectivity index (χ2v) is 8.43. The summed E-state index contributed by atoms with van der Waals surface area (Å²) in [6.45, 7) is 10.8. The molecule has 0 aromatic rings. The van der Waals surface area contributed by atoms with Gasteiger partial charge in [0.05, 0.1) is 0 Å². The molecule has 1 heteroatoms. The molecule has 6 heavy (non-hydrogen) atoms. The molecule has 0 aliphatic carbocycles. The van der Waals surface area contributed by atoms with Crippen molar-refractivity contribution in [3.8, 4) is 0 Å². The molecule has 0 nitrogen and oxygen atoms in total. The molecule has 0 atom stereocenters. The topological polar surface area (TPSA) is 0 Å². The van der Waals surface area contributed by atoms with Crippen LogP contribution in [0.4, 0.5) is 0 Å². The Morgan fingerprint density at radius 1 is 1.33 bits per heavy atom. The van der Waals surface area contributed by atoms with E-state index in [4.69, 9.17) is 0 Å².